The second kappa shape index (κ2) is 8.82. The van der Waals surface area contributed by atoms with E-state index in [-0.39, 0.29) is 18.8 Å². The molecule has 7 heteroatoms. The van der Waals surface area contributed by atoms with Gasteiger partial charge in [-0.2, -0.15) is 0 Å². The predicted molar refractivity (Wildman–Crippen MR) is 102 cm³/mol. The number of carboxylic acids is 1. The van der Waals surface area contributed by atoms with Gasteiger partial charge in [-0.15, -0.1) is 11.3 Å². The standard InChI is InChI=1S/C19H17NO4S2/c21-17(24-11-13-6-2-1-3-7-13)10-14(18(22)23)12-25-19-20-15-8-4-5-9-16(15)26-19/h1-9,14H,10-12H2,(H,22,23). The Morgan fingerprint density at radius 2 is 1.85 bits per heavy atom. The molecule has 5 nitrogen and oxygen atoms in total. The highest BCUT2D eigenvalue weighted by atomic mass is 32.2. The maximum absolute atomic E-state index is 12.0. The Morgan fingerprint density at radius 3 is 2.58 bits per heavy atom. The molecule has 0 aliphatic heterocycles. The van der Waals surface area contributed by atoms with E-state index in [1.165, 1.54) is 23.1 Å². The quantitative estimate of drug-likeness (QED) is 0.461. The first-order valence-electron chi connectivity index (χ1n) is 8.02. The normalized spacial score (nSPS) is 12.0. The first-order chi connectivity index (χ1) is 12.6. The minimum atomic E-state index is -1.00. The van der Waals surface area contributed by atoms with E-state index >= 15 is 0 Å². The van der Waals surface area contributed by atoms with Gasteiger partial charge >= 0.3 is 11.9 Å². The van der Waals surface area contributed by atoms with Gasteiger partial charge in [0.15, 0.2) is 4.34 Å². The highest BCUT2D eigenvalue weighted by Gasteiger charge is 2.23. The highest BCUT2D eigenvalue weighted by Crippen LogP contribution is 2.31. The SMILES string of the molecule is O=C(CC(CSc1nc2ccccc2s1)C(=O)O)OCc1ccccc1. The van der Waals surface area contributed by atoms with Crippen LogP contribution in [-0.4, -0.2) is 27.8 Å². The molecule has 1 heterocycles. The van der Waals surface area contributed by atoms with E-state index < -0.39 is 17.9 Å². The largest absolute Gasteiger partial charge is 0.481 e. The summed E-state index contributed by atoms with van der Waals surface area (Å²) in [5.74, 6) is -2.05. The summed E-state index contributed by atoms with van der Waals surface area (Å²) in [6.45, 7) is 0.150. The number of rotatable bonds is 8. The molecule has 0 radical (unpaired) electrons. The summed E-state index contributed by atoms with van der Waals surface area (Å²) >= 11 is 2.88. The average Bonchev–Trinajstić information content (AvgIpc) is 3.07. The zero-order valence-corrected chi connectivity index (χ0v) is 15.5. The molecule has 0 saturated heterocycles. The van der Waals surface area contributed by atoms with Gasteiger partial charge in [0.1, 0.15) is 6.61 Å². The summed E-state index contributed by atoms with van der Waals surface area (Å²) in [5.41, 5.74) is 1.77. The summed E-state index contributed by atoms with van der Waals surface area (Å²) in [4.78, 5) is 27.9. The Balaban J connectivity index is 1.53. The molecular formula is C19H17NO4S2. The number of carbonyl (C=O) groups excluding carboxylic acids is 1. The van der Waals surface area contributed by atoms with Crippen LogP contribution in [0.2, 0.25) is 0 Å². The number of aliphatic carboxylic acids is 1. The molecule has 1 N–H and O–H groups in total. The molecule has 3 rings (SSSR count). The van der Waals surface area contributed by atoms with E-state index in [1.807, 2.05) is 54.6 Å². The van der Waals surface area contributed by atoms with Crippen LogP contribution in [-0.2, 0) is 20.9 Å². The molecule has 26 heavy (non-hydrogen) atoms. The van der Waals surface area contributed by atoms with E-state index in [1.54, 1.807) is 0 Å². The third kappa shape index (κ3) is 5.06. The number of hydrogen-bond acceptors (Lipinski definition) is 6. The van der Waals surface area contributed by atoms with E-state index in [2.05, 4.69) is 4.98 Å². The van der Waals surface area contributed by atoms with Gasteiger partial charge in [0.25, 0.3) is 0 Å². The molecule has 0 spiro atoms. The van der Waals surface area contributed by atoms with Crippen LogP contribution in [0.25, 0.3) is 10.2 Å². The number of hydrogen-bond donors (Lipinski definition) is 1. The number of thiazole rings is 1. The molecule has 1 unspecified atom stereocenters. The molecule has 3 aromatic rings. The molecule has 1 aromatic heterocycles. The van der Waals surface area contributed by atoms with Crippen LogP contribution in [0.5, 0.6) is 0 Å². The minimum Gasteiger partial charge on any atom is -0.481 e. The maximum Gasteiger partial charge on any atom is 0.307 e. The highest BCUT2D eigenvalue weighted by molar-refractivity contribution is 8.01. The lowest BCUT2D eigenvalue weighted by atomic mass is 10.1. The monoisotopic (exact) mass is 387 g/mol. The fourth-order valence-corrected chi connectivity index (χ4v) is 4.47. The Hall–Kier alpha value is -2.38. The molecule has 0 bridgehead atoms. The van der Waals surface area contributed by atoms with Crippen LogP contribution in [0.15, 0.2) is 58.9 Å². The van der Waals surface area contributed by atoms with Crippen molar-refractivity contribution in [2.24, 2.45) is 5.92 Å². The van der Waals surface area contributed by atoms with Crippen LogP contribution < -0.4 is 0 Å². The zero-order valence-electron chi connectivity index (χ0n) is 13.8. The number of carbonyl (C=O) groups is 2. The third-order valence-electron chi connectivity index (χ3n) is 3.69. The molecule has 0 amide bonds. The third-order valence-corrected chi connectivity index (χ3v) is 6.03. The van der Waals surface area contributed by atoms with Crippen molar-refractivity contribution in [2.75, 3.05) is 5.75 Å². The van der Waals surface area contributed by atoms with Crippen molar-refractivity contribution in [3.05, 3.63) is 60.2 Å². The number of para-hydroxylation sites is 1. The molecule has 0 aliphatic rings. The Morgan fingerprint density at radius 1 is 1.12 bits per heavy atom. The molecule has 0 fully saturated rings. The van der Waals surface area contributed by atoms with Gasteiger partial charge < -0.3 is 9.84 Å². The summed E-state index contributed by atoms with van der Waals surface area (Å²) in [5, 5.41) is 9.39. The molecular weight excluding hydrogens is 370 g/mol. The van der Waals surface area contributed by atoms with E-state index in [0.29, 0.717) is 0 Å². The summed E-state index contributed by atoms with van der Waals surface area (Å²) < 4.78 is 7.04. The van der Waals surface area contributed by atoms with Gasteiger partial charge in [-0.05, 0) is 17.7 Å². The lowest BCUT2D eigenvalue weighted by molar-refractivity contribution is -0.151. The van der Waals surface area contributed by atoms with Crippen molar-refractivity contribution in [1.29, 1.82) is 0 Å². The topological polar surface area (TPSA) is 76.5 Å². The summed E-state index contributed by atoms with van der Waals surface area (Å²) in [6, 6.07) is 17.1. The van der Waals surface area contributed by atoms with Crippen molar-refractivity contribution in [3.8, 4) is 0 Å². The van der Waals surface area contributed by atoms with Crippen LogP contribution in [0.4, 0.5) is 0 Å². The first-order valence-corrected chi connectivity index (χ1v) is 9.83. The summed E-state index contributed by atoms with van der Waals surface area (Å²) in [6.07, 6.45) is -0.153. The number of aromatic nitrogens is 1. The van der Waals surface area contributed by atoms with Crippen LogP contribution in [0.3, 0.4) is 0 Å². The Labute approximate surface area is 159 Å². The number of benzene rings is 2. The lowest BCUT2D eigenvalue weighted by Crippen LogP contribution is -2.21. The molecule has 134 valence electrons. The maximum atomic E-state index is 12.0. The second-order valence-electron chi connectivity index (χ2n) is 5.64. The summed E-state index contributed by atoms with van der Waals surface area (Å²) in [7, 11) is 0. The van der Waals surface area contributed by atoms with E-state index in [0.717, 1.165) is 20.1 Å². The van der Waals surface area contributed by atoms with Crippen molar-refractivity contribution in [2.45, 2.75) is 17.4 Å². The van der Waals surface area contributed by atoms with Crippen molar-refractivity contribution in [3.63, 3.8) is 0 Å². The number of carboxylic acid groups (broad SMARTS) is 1. The van der Waals surface area contributed by atoms with Gasteiger partial charge in [-0.1, -0.05) is 54.2 Å². The van der Waals surface area contributed by atoms with Crippen molar-refractivity contribution in [1.82, 2.24) is 4.98 Å². The lowest BCUT2D eigenvalue weighted by Gasteiger charge is -2.11. The fraction of sp³-hybridized carbons (Fsp3) is 0.211. The number of fused-ring (bicyclic) bond motifs is 1. The van der Waals surface area contributed by atoms with Gasteiger partial charge in [0.2, 0.25) is 0 Å². The van der Waals surface area contributed by atoms with Crippen molar-refractivity contribution >= 4 is 45.3 Å². The number of thioether (sulfide) groups is 1. The Bertz CT molecular complexity index is 862. The first kappa shape index (κ1) is 18.4. The zero-order chi connectivity index (χ0) is 18.4. The fourth-order valence-electron chi connectivity index (χ4n) is 2.30. The smallest absolute Gasteiger partial charge is 0.307 e. The average molecular weight is 387 g/mol. The number of ether oxygens (including phenoxy) is 1. The Kier molecular flexibility index (Phi) is 6.25. The van der Waals surface area contributed by atoms with E-state index in [9.17, 15) is 14.7 Å². The molecule has 1 atom stereocenters. The van der Waals surface area contributed by atoms with Crippen LogP contribution in [0, 0.1) is 5.92 Å². The minimum absolute atomic E-state index is 0.150. The molecule has 2 aromatic carbocycles. The van der Waals surface area contributed by atoms with Gasteiger partial charge in [-0.3, -0.25) is 9.59 Å². The number of nitrogens with zero attached hydrogens (tertiary/aromatic N) is 1. The predicted octanol–water partition coefficient (Wildman–Crippen LogP) is 4.22. The van der Waals surface area contributed by atoms with Crippen LogP contribution in [0.1, 0.15) is 12.0 Å². The molecule has 0 saturated carbocycles. The van der Waals surface area contributed by atoms with E-state index in [4.69, 9.17) is 4.74 Å². The number of esters is 1. The van der Waals surface area contributed by atoms with Crippen molar-refractivity contribution < 1.29 is 19.4 Å². The van der Waals surface area contributed by atoms with Crippen LogP contribution >= 0.6 is 23.1 Å². The molecule has 0 aliphatic carbocycles. The second-order valence-corrected chi connectivity index (χ2v) is 7.94. The van der Waals surface area contributed by atoms with Gasteiger partial charge in [0.05, 0.1) is 22.6 Å². The van der Waals surface area contributed by atoms with Gasteiger partial charge in [0, 0.05) is 5.75 Å². The van der Waals surface area contributed by atoms with Gasteiger partial charge in [-0.25, -0.2) is 4.98 Å².